The van der Waals surface area contributed by atoms with Crippen LogP contribution in [-0.4, -0.2) is 58.3 Å². The smallest absolute Gasteiger partial charge is 0.264 e. The number of benzene rings is 1. The topological polar surface area (TPSA) is 79.0 Å². The zero-order valence-electron chi connectivity index (χ0n) is 17.6. The summed E-state index contributed by atoms with van der Waals surface area (Å²) in [6.45, 7) is 3.20. The molecule has 0 unspecified atom stereocenters. The van der Waals surface area contributed by atoms with E-state index in [1.54, 1.807) is 13.0 Å². The standard InChI is InChI=1S/C21H29N3O4S2/c1-4-30(26,27)22-17-9-10-19(23(2)3)16(13-17)14-24(15-18-7-5-11-28-18)21(25)20-8-6-12-29-20/h6,8-10,12-13,18,22H,4-5,7,11,14-15H2,1-3H3/t18-/m1/s1. The fourth-order valence-electron chi connectivity index (χ4n) is 3.48. The van der Waals surface area contributed by atoms with E-state index in [2.05, 4.69) is 4.72 Å². The van der Waals surface area contributed by atoms with Crippen LogP contribution in [0.2, 0.25) is 0 Å². The van der Waals surface area contributed by atoms with Crippen LogP contribution >= 0.6 is 11.3 Å². The molecule has 1 atom stereocenters. The molecule has 1 aliphatic rings. The highest BCUT2D eigenvalue weighted by Crippen LogP contribution is 2.27. The molecule has 1 fully saturated rings. The van der Waals surface area contributed by atoms with Crippen LogP contribution in [0.15, 0.2) is 35.7 Å². The molecule has 0 radical (unpaired) electrons. The highest BCUT2D eigenvalue weighted by atomic mass is 32.2. The number of sulfonamides is 1. The van der Waals surface area contributed by atoms with E-state index in [9.17, 15) is 13.2 Å². The first-order valence-corrected chi connectivity index (χ1v) is 12.6. The van der Waals surface area contributed by atoms with Gasteiger partial charge in [-0.25, -0.2) is 8.42 Å². The maximum Gasteiger partial charge on any atom is 0.264 e. The van der Waals surface area contributed by atoms with Crippen molar-refractivity contribution in [1.29, 1.82) is 0 Å². The van der Waals surface area contributed by atoms with Gasteiger partial charge in [0.1, 0.15) is 0 Å². The Labute approximate surface area is 182 Å². The lowest BCUT2D eigenvalue weighted by Crippen LogP contribution is -2.37. The Hall–Kier alpha value is -2.10. The maximum absolute atomic E-state index is 13.2. The third-order valence-electron chi connectivity index (χ3n) is 5.04. The summed E-state index contributed by atoms with van der Waals surface area (Å²) in [7, 11) is 0.478. The van der Waals surface area contributed by atoms with Gasteiger partial charge in [0.25, 0.3) is 5.91 Å². The van der Waals surface area contributed by atoms with E-state index < -0.39 is 10.0 Å². The maximum atomic E-state index is 13.2. The van der Waals surface area contributed by atoms with Gasteiger partial charge >= 0.3 is 0 Å². The SMILES string of the molecule is CCS(=O)(=O)Nc1ccc(N(C)C)c(CN(C[C@H]2CCCO2)C(=O)c2cccs2)c1. The zero-order chi connectivity index (χ0) is 21.7. The highest BCUT2D eigenvalue weighted by Gasteiger charge is 2.25. The minimum atomic E-state index is -3.38. The first-order valence-electron chi connectivity index (χ1n) is 10.0. The Morgan fingerprint density at radius 1 is 1.30 bits per heavy atom. The second-order valence-corrected chi connectivity index (χ2v) is 10.5. The van der Waals surface area contributed by atoms with Crippen LogP contribution in [0.5, 0.6) is 0 Å². The van der Waals surface area contributed by atoms with Crippen molar-refractivity contribution in [3.05, 3.63) is 46.2 Å². The van der Waals surface area contributed by atoms with Crippen LogP contribution in [0.1, 0.15) is 35.0 Å². The van der Waals surface area contributed by atoms with Crippen LogP contribution in [-0.2, 0) is 21.3 Å². The number of thiophene rings is 1. The predicted octanol–water partition coefficient (Wildman–Crippen LogP) is 3.40. The summed E-state index contributed by atoms with van der Waals surface area (Å²) in [5.41, 5.74) is 2.31. The van der Waals surface area contributed by atoms with Crippen molar-refractivity contribution < 1.29 is 17.9 Å². The minimum Gasteiger partial charge on any atom is -0.377 e. The Kier molecular flexibility index (Phi) is 7.38. The molecule has 0 aliphatic carbocycles. The normalized spacial score (nSPS) is 16.4. The average molecular weight is 452 g/mol. The van der Waals surface area contributed by atoms with E-state index in [1.165, 1.54) is 11.3 Å². The van der Waals surface area contributed by atoms with E-state index in [0.29, 0.717) is 23.7 Å². The van der Waals surface area contributed by atoms with Gasteiger partial charge in [0.15, 0.2) is 0 Å². The summed E-state index contributed by atoms with van der Waals surface area (Å²) in [6, 6.07) is 9.13. The van der Waals surface area contributed by atoms with Crippen molar-refractivity contribution in [2.75, 3.05) is 42.6 Å². The Bertz CT molecular complexity index is 953. The van der Waals surface area contributed by atoms with Crippen molar-refractivity contribution in [1.82, 2.24) is 4.90 Å². The van der Waals surface area contributed by atoms with Gasteiger partial charge in [-0.2, -0.15) is 0 Å². The second kappa shape index (κ2) is 9.80. The third-order valence-corrected chi connectivity index (χ3v) is 7.21. The number of hydrogen-bond donors (Lipinski definition) is 1. The molecule has 164 valence electrons. The van der Waals surface area contributed by atoms with E-state index in [0.717, 1.165) is 30.7 Å². The molecule has 1 aliphatic heterocycles. The molecule has 1 aromatic heterocycles. The fourth-order valence-corrected chi connectivity index (χ4v) is 4.80. The minimum absolute atomic E-state index is 0.000225. The molecule has 0 bridgehead atoms. The molecule has 30 heavy (non-hydrogen) atoms. The predicted molar refractivity (Wildman–Crippen MR) is 122 cm³/mol. The third kappa shape index (κ3) is 5.74. The van der Waals surface area contributed by atoms with Crippen molar-refractivity contribution >= 4 is 38.6 Å². The lowest BCUT2D eigenvalue weighted by Gasteiger charge is -2.28. The van der Waals surface area contributed by atoms with Crippen LogP contribution in [0.4, 0.5) is 11.4 Å². The monoisotopic (exact) mass is 451 g/mol. The number of ether oxygens (including phenoxy) is 1. The van der Waals surface area contributed by atoms with Crippen LogP contribution in [0.25, 0.3) is 0 Å². The second-order valence-electron chi connectivity index (χ2n) is 7.54. The lowest BCUT2D eigenvalue weighted by molar-refractivity contribution is 0.0511. The quantitative estimate of drug-likeness (QED) is 0.632. The number of hydrogen-bond acceptors (Lipinski definition) is 6. The first-order chi connectivity index (χ1) is 14.3. The molecule has 1 amide bonds. The number of amides is 1. The van der Waals surface area contributed by atoms with E-state index in [4.69, 9.17) is 4.74 Å². The molecular weight excluding hydrogens is 422 g/mol. The summed E-state index contributed by atoms with van der Waals surface area (Å²) in [5.74, 6) is -0.0375. The number of nitrogens with zero attached hydrogens (tertiary/aromatic N) is 2. The number of carbonyl (C=O) groups is 1. The molecule has 2 heterocycles. The Morgan fingerprint density at radius 3 is 2.70 bits per heavy atom. The Balaban J connectivity index is 1.91. The van der Waals surface area contributed by atoms with Crippen LogP contribution < -0.4 is 9.62 Å². The summed E-state index contributed by atoms with van der Waals surface area (Å²) < 4.78 is 32.4. The van der Waals surface area contributed by atoms with Gasteiger partial charge in [-0.1, -0.05) is 6.07 Å². The summed E-state index contributed by atoms with van der Waals surface area (Å²) in [4.78, 5) is 17.7. The van der Waals surface area contributed by atoms with Gasteiger partial charge in [0.2, 0.25) is 10.0 Å². The number of carbonyl (C=O) groups excluding carboxylic acids is 1. The first kappa shape index (κ1) is 22.6. The van der Waals surface area contributed by atoms with Crippen LogP contribution in [0, 0.1) is 0 Å². The van der Waals surface area contributed by atoms with Crippen molar-refractivity contribution in [2.45, 2.75) is 32.4 Å². The highest BCUT2D eigenvalue weighted by molar-refractivity contribution is 7.92. The zero-order valence-corrected chi connectivity index (χ0v) is 19.3. The lowest BCUT2D eigenvalue weighted by atomic mass is 10.1. The van der Waals surface area contributed by atoms with Crippen molar-refractivity contribution in [3.63, 3.8) is 0 Å². The molecule has 0 spiro atoms. The summed E-state index contributed by atoms with van der Waals surface area (Å²) in [6.07, 6.45) is 1.96. The van der Waals surface area contributed by atoms with E-state index in [-0.39, 0.29) is 17.8 Å². The Morgan fingerprint density at radius 2 is 2.10 bits per heavy atom. The molecular formula is C21H29N3O4S2. The molecule has 7 nitrogen and oxygen atoms in total. The molecule has 1 N–H and O–H groups in total. The molecule has 1 aromatic carbocycles. The number of nitrogens with one attached hydrogen (secondary N) is 1. The molecule has 2 aromatic rings. The van der Waals surface area contributed by atoms with Gasteiger partial charge in [0, 0.05) is 45.2 Å². The van der Waals surface area contributed by atoms with Gasteiger partial charge < -0.3 is 14.5 Å². The summed E-state index contributed by atoms with van der Waals surface area (Å²) >= 11 is 1.42. The fraction of sp³-hybridized carbons (Fsp3) is 0.476. The van der Waals surface area contributed by atoms with Gasteiger partial charge in [-0.15, -0.1) is 11.3 Å². The van der Waals surface area contributed by atoms with Gasteiger partial charge in [0.05, 0.1) is 16.7 Å². The number of rotatable bonds is 9. The van der Waals surface area contributed by atoms with Crippen molar-refractivity contribution in [3.8, 4) is 0 Å². The van der Waals surface area contributed by atoms with Crippen molar-refractivity contribution in [2.24, 2.45) is 0 Å². The largest absolute Gasteiger partial charge is 0.377 e. The molecule has 9 heteroatoms. The average Bonchev–Trinajstić information content (AvgIpc) is 3.41. The molecule has 3 rings (SSSR count). The van der Waals surface area contributed by atoms with Gasteiger partial charge in [-0.3, -0.25) is 9.52 Å². The van der Waals surface area contributed by atoms with E-state index >= 15 is 0 Å². The number of anilines is 2. The molecule has 0 saturated carbocycles. The molecule has 1 saturated heterocycles. The van der Waals surface area contributed by atoms with Crippen LogP contribution in [0.3, 0.4) is 0 Å². The summed E-state index contributed by atoms with van der Waals surface area (Å²) in [5, 5.41) is 1.89. The van der Waals surface area contributed by atoms with Gasteiger partial charge in [-0.05, 0) is 55.0 Å². The van der Waals surface area contributed by atoms with E-state index in [1.807, 2.05) is 53.5 Å².